The Morgan fingerprint density at radius 3 is 3.00 bits per heavy atom. The SMILES string of the molecule is CC#CCCC(O)c1occc1Br. The molecule has 0 saturated carbocycles. The van der Waals surface area contributed by atoms with E-state index >= 15 is 0 Å². The van der Waals surface area contributed by atoms with E-state index in [1.54, 1.807) is 19.3 Å². The Bertz CT molecular complexity index is 319. The van der Waals surface area contributed by atoms with Crippen molar-refractivity contribution in [3.8, 4) is 11.8 Å². The predicted molar refractivity (Wildman–Crippen MR) is 54.1 cm³/mol. The fraction of sp³-hybridized carbons (Fsp3) is 0.400. The quantitative estimate of drug-likeness (QED) is 0.828. The van der Waals surface area contributed by atoms with Gasteiger partial charge in [-0.3, -0.25) is 0 Å². The van der Waals surface area contributed by atoms with Crippen LogP contribution < -0.4 is 0 Å². The van der Waals surface area contributed by atoms with E-state index in [1.807, 2.05) is 0 Å². The largest absolute Gasteiger partial charge is 0.465 e. The summed E-state index contributed by atoms with van der Waals surface area (Å²) >= 11 is 3.29. The molecule has 2 nitrogen and oxygen atoms in total. The highest BCUT2D eigenvalue weighted by Gasteiger charge is 2.13. The number of aliphatic hydroxyl groups is 1. The van der Waals surface area contributed by atoms with Crippen molar-refractivity contribution in [2.45, 2.75) is 25.9 Å². The van der Waals surface area contributed by atoms with Crippen LogP contribution in [0.25, 0.3) is 0 Å². The van der Waals surface area contributed by atoms with Gasteiger partial charge in [0.2, 0.25) is 0 Å². The molecule has 0 saturated heterocycles. The lowest BCUT2D eigenvalue weighted by Gasteiger charge is -2.05. The summed E-state index contributed by atoms with van der Waals surface area (Å²) in [7, 11) is 0. The van der Waals surface area contributed by atoms with Crippen molar-refractivity contribution in [3.05, 3.63) is 22.6 Å². The van der Waals surface area contributed by atoms with Crippen molar-refractivity contribution in [2.75, 3.05) is 0 Å². The van der Waals surface area contributed by atoms with Gasteiger partial charge in [-0.2, -0.15) is 0 Å². The second kappa shape index (κ2) is 5.11. The topological polar surface area (TPSA) is 33.4 Å². The minimum Gasteiger partial charge on any atom is -0.465 e. The van der Waals surface area contributed by atoms with E-state index in [4.69, 9.17) is 4.42 Å². The van der Waals surface area contributed by atoms with E-state index in [1.165, 1.54) is 0 Å². The van der Waals surface area contributed by atoms with Crippen LogP contribution in [0.5, 0.6) is 0 Å². The van der Waals surface area contributed by atoms with Crippen LogP contribution in [-0.4, -0.2) is 5.11 Å². The molecule has 3 heteroatoms. The molecule has 1 heterocycles. The average molecular weight is 243 g/mol. The van der Waals surface area contributed by atoms with Crippen molar-refractivity contribution in [1.29, 1.82) is 0 Å². The summed E-state index contributed by atoms with van der Waals surface area (Å²) in [5.41, 5.74) is 0. The zero-order chi connectivity index (χ0) is 9.68. The molecule has 1 aromatic heterocycles. The van der Waals surface area contributed by atoms with Gasteiger partial charge in [0, 0.05) is 6.42 Å². The second-order valence-electron chi connectivity index (χ2n) is 2.61. The molecule has 0 amide bonds. The van der Waals surface area contributed by atoms with E-state index in [0.717, 1.165) is 4.47 Å². The van der Waals surface area contributed by atoms with E-state index in [9.17, 15) is 5.11 Å². The second-order valence-corrected chi connectivity index (χ2v) is 3.47. The van der Waals surface area contributed by atoms with Crippen molar-refractivity contribution >= 4 is 15.9 Å². The first-order valence-corrected chi connectivity index (χ1v) is 4.85. The Morgan fingerprint density at radius 2 is 2.46 bits per heavy atom. The highest BCUT2D eigenvalue weighted by atomic mass is 79.9. The first-order valence-electron chi connectivity index (χ1n) is 4.06. The monoisotopic (exact) mass is 242 g/mol. The molecule has 0 aliphatic rings. The molecular weight excluding hydrogens is 232 g/mol. The van der Waals surface area contributed by atoms with Gasteiger partial charge in [0.1, 0.15) is 11.9 Å². The fourth-order valence-corrected chi connectivity index (χ4v) is 1.47. The third-order valence-electron chi connectivity index (χ3n) is 1.67. The highest BCUT2D eigenvalue weighted by molar-refractivity contribution is 9.10. The van der Waals surface area contributed by atoms with Crippen LogP contribution in [0.15, 0.2) is 21.2 Å². The summed E-state index contributed by atoms with van der Waals surface area (Å²) in [5.74, 6) is 6.25. The van der Waals surface area contributed by atoms with Crippen LogP contribution in [0.3, 0.4) is 0 Å². The lowest BCUT2D eigenvalue weighted by molar-refractivity contribution is 0.141. The van der Waals surface area contributed by atoms with Crippen molar-refractivity contribution in [2.24, 2.45) is 0 Å². The third-order valence-corrected chi connectivity index (χ3v) is 2.32. The van der Waals surface area contributed by atoms with Gasteiger partial charge in [-0.15, -0.1) is 11.8 Å². The molecule has 0 aliphatic carbocycles. The zero-order valence-corrected chi connectivity index (χ0v) is 8.97. The number of furan rings is 1. The molecule has 1 unspecified atom stereocenters. The summed E-state index contributed by atoms with van der Waals surface area (Å²) in [6, 6.07) is 1.77. The maximum atomic E-state index is 9.63. The van der Waals surface area contributed by atoms with Gasteiger partial charge < -0.3 is 9.52 Å². The van der Waals surface area contributed by atoms with Crippen LogP contribution in [0.1, 0.15) is 31.6 Å². The van der Waals surface area contributed by atoms with Gasteiger partial charge in [0.05, 0.1) is 10.7 Å². The van der Waals surface area contributed by atoms with Crippen LogP contribution >= 0.6 is 15.9 Å². The van der Waals surface area contributed by atoms with Crippen molar-refractivity contribution < 1.29 is 9.52 Å². The molecule has 1 aromatic rings. The summed E-state index contributed by atoms with van der Waals surface area (Å²) in [6.45, 7) is 1.79. The van der Waals surface area contributed by atoms with E-state index in [0.29, 0.717) is 18.6 Å². The summed E-state index contributed by atoms with van der Waals surface area (Å²) in [4.78, 5) is 0. The van der Waals surface area contributed by atoms with Crippen LogP contribution in [0.4, 0.5) is 0 Å². The lowest BCUT2D eigenvalue weighted by Crippen LogP contribution is -1.95. The van der Waals surface area contributed by atoms with Gasteiger partial charge >= 0.3 is 0 Å². The molecule has 0 aliphatic heterocycles. The first kappa shape index (κ1) is 10.4. The normalized spacial score (nSPS) is 11.9. The highest BCUT2D eigenvalue weighted by Crippen LogP contribution is 2.26. The molecular formula is C10H11BrO2. The van der Waals surface area contributed by atoms with Gasteiger partial charge in [-0.05, 0) is 35.3 Å². The number of rotatable bonds is 3. The molecule has 13 heavy (non-hydrogen) atoms. The third kappa shape index (κ3) is 2.91. The van der Waals surface area contributed by atoms with Gasteiger partial charge in [0.15, 0.2) is 0 Å². The van der Waals surface area contributed by atoms with Gasteiger partial charge in [-0.1, -0.05) is 0 Å². The van der Waals surface area contributed by atoms with Gasteiger partial charge in [0.25, 0.3) is 0 Å². The Labute approximate surface area is 86.1 Å². The first-order chi connectivity index (χ1) is 6.25. The molecule has 0 aromatic carbocycles. The average Bonchev–Trinajstić information content (AvgIpc) is 2.52. The molecule has 70 valence electrons. The maximum absolute atomic E-state index is 9.63. The number of hydrogen-bond donors (Lipinski definition) is 1. The molecule has 1 atom stereocenters. The van der Waals surface area contributed by atoms with Crippen LogP contribution in [0.2, 0.25) is 0 Å². The smallest absolute Gasteiger partial charge is 0.146 e. The van der Waals surface area contributed by atoms with Crippen LogP contribution in [0, 0.1) is 11.8 Å². The van der Waals surface area contributed by atoms with E-state index < -0.39 is 6.10 Å². The molecule has 0 bridgehead atoms. The van der Waals surface area contributed by atoms with Crippen molar-refractivity contribution in [1.82, 2.24) is 0 Å². The Kier molecular flexibility index (Phi) is 4.07. The van der Waals surface area contributed by atoms with Crippen LogP contribution in [-0.2, 0) is 0 Å². The lowest BCUT2D eigenvalue weighted by atomic mass is 10.1. The Balaban J connectivity index is 2.52. The summed E-state index contributed by atoms with van der Waals surface area (Å²) in [6.07, 6.45) is 2.27. The number of halogens is 1. The van der Waals surface area contributed by atoms with E-state index in [2.05, 4.69) is 27.8 Å². The zero-order valence-electron chi connectivity index (χ0n) is 7.38. The fourth-order valence-electron chi connectivity index (χ4n) is 1.01. The predicted octanol–water partition coefficient (Wildman–Crippen LogP) is 2.88. The van der Waals surface area contributed by atoms with E-state index in [-0.39, 0.29) is 0 Å². The van der Waals surface area contributed by atoms with Crippen molar-refractivity contribution in [3.63, 3.8) is 0 Å². The van der Waals surface area contributed by atoms with Gasteiger partial charge in [-0.25, -0.2) is 0 Å². The molecule has 1 rings (SSSR count). The number of hydrogen-bond acceptors (Lipinski definition) is 2. The summed E-state index contributed by atoms with van der Waals surface area (Å²) < 4.78 is 5.92. The minimum absolute atomic E-state index is 0.565. The minimum atomic E-state index is -0.565. The molecule has 1 N–H and O–H groups in total. The number of aliphatic hydroxyl groups excluding tert-OH is 1. The molecule has 0 spiro atoms. The maximum Gasteiger partial charge on any atom is 0.146 e. The Morgan fingerprint density at radius 1 is 1.69 bits per heavy atom. The molecule has 0 radical (unpaired) electrons. The Hall–Kier alpha value is -0.720. The standard InChI is InChI=1S/C10H11BrO2/c1-2-3-4-5-9(12)10-8(11)6-7-13-10/h6-7,9,12H,4-5H2,1H3. The molecule has 0 fully saturated rings. The summed E-state index contributed by atoms with van der Waals surface area (Å²) in [5, 5.41) is 9.63.